The summed E-state index contributed by atoms with van der Waals surface area (Å²) in [6.07, 6.45) is 5.33. The van der Waals surface area contributed by atoms with Crippen molar-refractivity contribution in [3.63, 3.8) is 0 Å². The average molecular weight is 579 g/mol. The molecule has 1 aliphatic rings. The van der Waals surface area contributed by atoms with Crippen LogP contribution in [0.15, 0.2) is 42.7 Å². The van der Waals surface area contributed by atoms with Gasteiger partial charge in [0.2, 0.25) is 21.9 Å². The summed E-state index contributed by atoms with van der Waals surface area (Å²) in [5.74, 6) is -0.852. The molecule has 0 bridgehead atoms. The number of rotatable bonds is 10. The minimum Gasteiger partial charge on any atom is -0.446 e. The first-order valence-corrected chi connectivity index (χ1v) is 14.3. The summed E-state index contributed by atoms with van der Waals surface area (Å²) >= 11 is 6.26. The molecule has 0 unspecified atom stereocenters. The van der Waals surface area contributed by atoms with Gasteiger partial charge < -0.3 is 20.5 Å². The fraction of sp³-hybridized carbons (Fsp3) is 0.360. The highest BCUT2D eigenvalue weighted by atomic mass is 35.5. The number of sulfonamides is 1. The lowest BCUT2D eigenvalue weighted by Gasteiger charge is -2.28. The Hall–Kier alpha value is -3.71. The summed E-state index contributed by atoms with van der Waals surface area (Å²) in [5.41, 5.74) is 6.03. The number of primary amides is 1. The maximum absolute atomic E-state index is 15.0. The van der Waals surface area contributed by atoms with Crippen LogP contribution in [0.25, 0.3) is 11.3 Å². The third-order valence-corrected chi connectivity index (χ3v) is 7.71. The highest BCUT2D eigenvalue weighted by Crippen LogP contribution is 2.37. The lowest BCUT2D eigenvalue weighted by atomic mass is 9.93. The van der Waals surface area contributed by atoms with Crippen molar-refractivity contribution in [3.8, 4) is 22.9 Å². The predicted molar refractivity (Wildman–Crippen MR) is 145 cm³/mol. The molecule has 1 saturated carbocycles. The lowest BCUT2D eigenvalue weighted by Crippen LogP contribution is -2.32. The molecule has 3 aromatic rings. The number of ether oxygens (including phenoxy) is 2. The van der Waals surface area contributed by atoms with E-state index in [1.165, 1.54) is 12.3 Å². The first-order chi connectivity index (χ1) is 18.6. The number of aromatic nitrogens is 3. The van der Waals surface area contributed by atoms with Crippen molar-refractivity contribution in [2.45, 2.75) is 51.2 Å². The van der Waals surface area contributed by atoms with Gasteiger partial charge in [-0.05, 0) is 56.4 Å². The number of hydrogen-bond acceptors (Lipinski definition) is 9. The molecule has 11 nitrogen and oxygen atoms in total. The maximum Gasteiger partial charge on any atom is 0.404 e. The molecule has 1 fully saturated rings. The Labute approximate surface area is 230 Å². The average Bonchev–Trinajstić information content (AvgIpc) is 2.87. The molecule has 14 heteroatoms. The molecule has 1 aliphatic carbocycles. The third-order valence-electron chi connectivity index (χ3n) is 5.94. The number of pyridine rings is 1. The van der Waals surface area contributed by atoms with Gasteiger partial charge in [-0.15, -0.1) is 0 Å². The van der Waals surface area contributed by atoms with E-state index < -0.39 is 21.9 Å². The molecule has 0 atom stereocenters. The summed E-state index contributed by atoms with van der Waals surface area (Å²) in [6, 6.07) is 7.40. The largest absolute Gasteiger partial charge is 0.446 e. The van der Waals surface area contributed by atoms with E-state index in [1.54, 1.807) is 31.3 Å². The zero-order valence-corrected chi connectivity index (χ0v) is 22.6. The van der Waals surface area contributed by atoms with Crippen LogP contribution in [0.3, 0.4) is 0 Å². The molecule has 1 aromatic carbocycles. The number of anilines is 2. The smallest absolute Gasteiger partial charge is 0.404 e. The molecule has 4 rings (SSSR count). The molecule has 2 heterocycles. The van der Waals surface area contributed by atoms with Crippen molar-refractivity contribution in [3.05, 3.63) is 53.6 Å². The van der Waals surface area contributed by atoms with Gasteiger partial charge in [-0.2, -0.15) is 0 Å². The number of hydrogen-bond donors (Lipinski definition) is 3. The van der Waals surface area contributed by atoms with Gasteiger partial charge in [0, 0.05) is 24.5 Å². The van der Waals surface area contributed by atoms with Crippen molar-refractivity contribution >= 4 is 39.4 Å². The van der Waals surface area contributed by atoms with E-state index >= 15 is 0 Å². The number of carbonyl (C=O) groups is 1. The van der Waals surface area contributed by atoms with Crippen LogP contribution in [0.5, 0.6) is 11.6 Å². The molecule has 208 valence electrons. The summed E-state index contributed by atoms with van der Waals surface area (Å²) in [7, 11) is -3.63. The van der Waals surface area contributed by atoms with Gasteiger partial charge in [0.15, 0.2) is 11.6 Å². The fourth-order valence-electron chi connectivity index (χ4n) is 4.23. The van der Waals surface area contributed by atoms with Crippen LogP contribution in [0.1, 0.15) is 39.0 Å². The molecule has 0 spiro atoms. The van der Waals surface area contributed by atoms with Crippen LogP contribution >= 0.6 is 11.6 Å². The first kappa shape index (κ1) is 28.3. The van der Waals surface area contributed by atoms with Gasteiger partial charge in [-0.3, -0.25) is 4.72 Å². The summed E-state index contributed by atoms with van der Waals surface area (Å²) in [4.78, 5) is 24.1. The molecule has 39 heavy (non-hydrogen) atoms. The predicted octanol–water partition coefficient (Wildman–Crippen LogP) is 5.09. The lowest BCUT2D eigenvalue weighted by molar-refractivity contribution is 0.0805. The highest BCUT2D eigenvalue weighted by molar-refractivity contribution is 7.92. The molecule has 1 amide bonds. The normalized spacial score (nSPS) is 17.3. The van der Waals surface area contributed by atoms with Crippen molar-refractivity contribution in [1.29, 1.82) is 0 Å². The molecule has 4 N–H and O–H groups in total. The van der Waals surface area contributed by atoms with Crippen molar-refractivity contribution in [1.82, 2.24) is 15.0 Å². The van der Waals surface area contributed by atoms with Crippen LogP contribution in [0.2, 0.25) is 5.02 Å². The summed E-state index contributed by atoms with van der Waals surface area (Å²) in [5, 5.41) is 3.16. The van der Waals surface area contributed by atoms with E-state index in [-0.39, 0.29) is 40.2 Å². The molecule has 2 aromatic heterocycles. The molecule has 0 aliphatic heterocycles. The van der Waals surface area contributed by atoms with Gasteiger partial charge in [0.25, 0.3) is 0 Å². The van der Waals surface area contributed by atoms with E-state index in [0.29, 0.717) is 36.5 Å². The Morgan fingerprint density at radius 1 is 1.18 bits per heavy atom. The minimum atomic E-state index is -3.63. The molecular formula is C25H28ClFN6O5S. The third kappa shape index (κ3) is 7.67. The summed E-state index contributed by atoms with van der Waals surface area (Å²) in [6.45, 7) is 1.72. The van der Waals surface area contributed by atoms with Gasteiger partial charge in [-0.25, -0.2) is 32.6 Å². The van der Waals surface area contributed by atoms with Gasteiger partial charge in [-0.1, -0.05) is 18.5 Å². The van der Waals surface area contributed by atoms with Crippen LogP contribution in [-0.4, -0.2) is 47.4 Å². The fourth-order valence-corrected chi connectivity index (χ4v) is 5.59. The Kier molecular flexibility index (Phi) is 9.02. The number of halogens is 2. The molecular weight excluding hydrogens is 551 g/mol. The van der Waals surface area contributed by atoms with E-state index in [0.717, 1.165) is 18.9 Å². The van der Waals surface area contributed by atoms with Crippen LogP contribution < -0.4 is 20.5 Å². The van der Waals surface area contributed by atoms with Gasteiger partial charge >= 0.3 is 6.09 Å². The zero-order chi connectivity index (χ0) is 28.0. The van der Waals surface area contributed by atoms with Crippen LogP contribution in [0, 0.1) is 5.82 Å². The number of nitrogens with one attached hydrogen (secondary N) is 2. The van der Waals surface area contributed by atoms with E-state index in [2.05, 4.69) is 25.0 Å². The zero-order valence-electron chi connectivity index (χ0n) is 21.1. The first-order valence-electron chi connectivity index (χ1n) is 12.3. The van der Waals surface area contributed by atoms with E-state index in [9.17, 15) is 17.6 Å². The Balaban J connectivity index is 1.51. The SMILES string of the molecule is CCCS(=O)(=O)Nc1cc(F)c(Oc2ncccc2-c2ccnc(N[C@H]3CC[C@H](OC(N)=O)CC3)n2)c(Cl)c1. The van der Waals surface area contributed by atoms with Crippen molar-refractivity contribution in [2.24, 2.45) is 5.73 Å². The number of amides is 1. The maximum atomic E-state index is 15.0. The second-order valence-corrected chi connectivity index (χ2v) is 11.2. The van der Waals surface area contributed by atoms with Crippen LogP contribution in [-0.2, 0) is 14.8 Å². The molecule has 0 radical (unpaired) electrons. The Morgan fingerprint density at radius 3 is 2.64 bits per heavy atom. The van der Waals surface area contributed by atoms with E-state index in [4.69, 9.17) is 26.8 Å². The van der Waals surface area contributed by atoms with Crippen molar-refractivity contribution < 1.29 is 27.1 Å². The second kappa shape index (κ2) is 12.4. The number of nitrogens with two attached hydrogens (primary N) is 1. The second-order valence-electron chi connectivity index (χ2n) is 8.97. The standard InChI is InChI=1S/C25H28ClFN6O5S/c1-2-12-39(35,36)33-16-13-19(26)22(20(27)14-16)38-23-18(4-3-10-29-23)21-9-11-30-25(32-21)31-15-5-7-17(8-6-15)37-24(28)34/h3-4,9-11,13-15,17,33H,2,5-8,12H2,1H3,(H2,28,34)(H,30,31,32)/t15-,17-. The summed E-state index contributed by atoms with van der Waals surface area (Å²) < 4.78 is 52.2. The monoisotopic (exact) mass is 578 g/mol. The number of benzene rings is 1. The van der Waals surface area contributed by atoms with Gasteiger partial charge in [0.05, 0.1) is 27.7 Å². The van der Waals surface area contributed by atoms with Crippen molar-refractivity contribution in [2.75, 3.05) is 15.8 Å². The number of nitrogens with zero attached hydrogens (tertiary/aromatic N) is 3. The minimum absolute atomic E-state index is 0.0127. The highest BCUT2D eigenvalue weighted by Gasteiger charge is 2.24. The quantitative estimate of drug-likeness (QED) is 0.298. The van der Waals surface area contributed by atoms with Gasteiger partial charge in [0.1, 0.15) is 6.10 Å². The van der Waals surface area contributed by atoms with E-state index in [1.807, 2.05) is 0 Å². The molecule has 0 saturated heterocycles. The Bertz CT molecular complexity index is 1410. The number of carbonyl (C=O) groups excluding carboxylic acids is 1. The Morgan fingerprint density at radius 2 is 1.95 bits per heavy atom. The topological polar surface area (TPSA) is 158 Å². The van der Waals surface area contributed by atoms with Crippen LogP contribution in [0.4, 0.5) is 20.8 Å².